The summed E-state index contributed by atoms with van der Waals surface area (Å²) in [6, 6.07) is 10.9. The van der Waals surface area contributed by atoms with Gasteiger partial charge in [-0.3, -0.25) is 9.59 Å². The monoisotopic (exact) mass is 534 g/mol. The Kier molecular flexibility index (Phi) is 6.13. The predicted octanol–water partition coefficient (Wildman–Crippen LogP) is 5.88. The summed E-state index contributed by atoms with van der Waals surface area (Å²) in [5.41, 5.74) is 1.91. The largest absolute Gasteiger partial charge is 0.586 e. The standard InChI is InChI=1S/C28H24F2N4O5/c1-6-33(19-7-8-21-22(14-19)39-28(29,30)38-21)23(35)15-34-26(36)20-9-10-37-25(20)24(32-34)16-11-17(27(2,3)4)13-18(12-16)31-5/h7-14H,6,15H2,1-4H3. The predicted molar refractivity (Wildman–Crippen MR) is 139 cm³/mol. The fourth-order valence-corrected chi connectivity index (χ4v) is 4.38. The summed E-state index contributed by atoms with van der Waals surface area (Å²) in [6.45, 7) is 15.1. The number of hydrogen-bond donors (Lipinski definition) is 0. The first kappa shape index (κ1) is 25.9. The molecule has 0 spiro atoms. The minimum atomic E-state index is -3.78. The van der Waals surface area contributed by atoms with Crippen LogP contribution in [0.15, 0.2) is 57.9 Å². The summed E-state index contributed by atoms with van der Waals surface area (Å²) in [5, 5.41) is 4.71. The van der Waals surface area contributed by atoms with Crippen molar-refractivity contribution in [2.45, 2.75) is 45.9 Å². The minimum absolute atomic E-state index is 0.142. The first-order valence-corrected chi connectivity index (χ1v) is 12.1. The summed E-state index contributed by atoms with van der Waals surface area (Å²) in [7, 11) is 0. The summed E-state index contributed by atoms with van der Waals surface area (Å²) in [5.74, 6) is -0.844. The van der Waals surface area contributed by atoms with Gasteiger partial charge in [0, 0.05) is 18.3 Å². The van der Waals surface area contributed by atoms with E-state index in [-0.39, 0.29) is 34.4 Å². The van der Waals surface area contributed by atoms with Gasteiger partial charge in [0.15, 0.2) is 22.8 Å². The molecule has 4 aromatic rings. The second-order valence-electron chi connectivity index (χ2n) is 10.0. The molecule has 3 heterocycles. The SMILES string of the molecule is [C-]#[N+]c1cc(-c2nn(CC(=O)N(CC)c3ccc4c(c3)OC(F)(F)O4)c(=O)c3ccoc23)cc(C(C)(C)C)c1. The van der Waals surface area contributed by atoms with Crippen LogP contribution in [0.4, 0.5) is 20.2 Å². The van der Waals surface area contributed by atoms with Crippen molar-refractivity contribution in [1.29, 1.82) is 0 Å². The average molecular weight is 535 g/mol. The number of hydrogen-bond acceptors (Lipinski definition) is 6. The number of likely N-dealkylation sites (N-methyl/N-ethyl adjacent to an activating group) is 1. The van der Waals surface area contributed by atoms with Gasteiger partial charge in [0.1, 0.15) is 12.2 Å². The van der Waals surface area contributed by atoms with E-state index >= 15 is 0 Å². The van der Waals surface area contributed by atoms with Gasteiger partial charge >= 0.3 is 6.29 Å². The second kappa shape index (κ2) is 9.23. The van der Waals surface area contributed by atoms with E-state index in [1.54, 1.807) is 19.1 Å². The highest BCUT2D eigenvalue weighted by Crippen LogP contribution is 2.43. The van der Waals surface area contributed by atoms with E-state index in [9.17, 15) is 18.4 Å². The van der Waals surface area contributed by atoms with Crippen LogP contribution in [-0.4, -0.2) is 28.5 Å². The molecule has 0 fully saturated rings. The highest BCUT2D eigenvalue weighted by atomic mass is 19.3. The quantitative estimate of drug-likeness (QED) is 0.297. The van der Waals surface area contributed by atoms with E-state index in [1.807, 2.05) is 26.8 Å². The normalized spacial score (nSPS) is 13.9. The topological polar surface area (TPSA) is 91.2 Å². The van der Waals surface area contributed by atoms with E-state index in [0.29, 0.717) is 22.6 Å². The maximum Gasteiger partial charge on any atom is 0.586 e. The molecule has 1 aliphatic rings. The zero-order valence-electron chi connectivity index (χ0n) is 21.6. The van der Waals surface area contributed by atoms with Crippen LogP contribution in [-0.2, 0) is 16.8 Å². The number of benzene rings is 2. The molecule has 0 bridgehead atoms. The van der Waals surface area contributed by atoms with Crippen molar-refractivity contribution in [3.63, 3.8) is 0 Å². The second-order valence-corrected chi connectivity index (χ2v) is 10.0. The van der Waals surface area contributed by atoms with Crippen LogP contribution in [0.2, 0.25) is 0 Å². The van der Waals surface area contributed by atoms with Gasteiger partial charge in [-0.15, -0.1) is 8.78 Å². The van der Waals surface area contributed by atoms with Crippen molar-refractivity contribution < 1.29 is 27.5 Å². The number of carbonyl (C=O) groups excluding carboxylic acids is 1. The van der Waals surface area contributed by atoms with Crippen LogP contribution in [0.5, 0.6) is 11.5 Å². The van der Waals surface area contributed by atoms with Gasteiger partial charge in [0.2, 0.25) is 5.91 Å². The lowest BCUT2D eigenvalue weighted by Crippen LogP contribution is -2.37. The molecule has 0 saturated carbocycles. The number of nitrogens with zero attached hydrogens (tertiary/aromatic N) is 4. The fraction of sp³-hybridized carbons (Fsp3) is 0.286. The van der Waals surface area contributed by atoms with Gasteiger partial charge in [-0.05, 0) is 42.2 Å². The molecule has 1 aliphatic heterocycles. The van der Waals surface area contributed by atoms with Crippen molar-refractivity contribution >= 4 is 28.3 Å². The van der Waals surface area contributed by atoms with Crippen LogP contribution >= 0.6 is 0 Å². The van der Waals surface area contributed by atoms with Crippen molar-refractivity contribution in [3.8, 4) is 22.8 Å². The Morgan fingerprint density at radius 3 is 2.56 bits per heavy atom. The molecule has 0 radical (unpaired) electrons. The number of carbonyl (C=O) groups is 1. The summed E-state index contributed by atoms with van der Waals surface area (Å²) < 4.78 is 42.5. The summed E-state index contributed by atoms with van der Waals surface area (Å²) >= 11 is 0. The molecule has 11 heteroatoms. The molecule has 2 aromatic heterocycles. The molecular formula is C28H24F2N4O5. The van der Waals surface area contributed by atoms with Crippen LogP contribution in [0.25, 0.3) is 27.1 Å². The molecule has 39 heavy (non-hydrogen) atoms. The number of furan rings is 1. The Balaban J connectivity index is 1.55. The Hall–Kier alpha value is -4.72. The Morgan fingerprint density at radius 1 is 1.13 bits per heavy atom. The van der Waals surface area contributed by atoms with Crippen molar-refractivity contribution in [2.24, 2.45) is 0 Å². The number of ether oxygens (including phenoxy) is 2. The molecule has 1 amide bonds. The van der Waals surface area contributed by atoms with Gasteiger partial charge in [-0.2, -0.15) is 5.10 Å². The molecular weight excluding hydrogens is 510 g/mol. The summed E-state index contributed by atoms with van der Waals surface area (Å²) in [4.78, 5) is 31.5. The Morgan fingerprint density at radius 2 is 1.87 bits per heavy atom. The van der Waals surface area contributed by atoms with E-state index in [1.165, 1.54) is 35.4 Å². The van der Waals surface area contributed by atoms with Gasteiger partial charge in [-0.25, -0.2) is 9.53 Å². The Labute approximate surface area is 222 Å². The number of fused-ring (bicyclic) bond motifs is 2. The Bertz CT molecular complexity index is 1710. The first-order chi connectivity index (χ1) is 18.4. The molecule has 200 valence electrons. The maximum absolute atomic E-state index is 13.5. The van der Waals surface area contributed by atoms with Crippen LogP contribution in [0, 0.1) is 6.57 Å². The van der Waals surface area contributed by atoms with E-state index in [4.69, 9.17) is 11.0 Å². The van der Waals surface area contributed by atoms with Gasteiger partial charge < -0.3 is 18.8 Å². The maximum atomic E-state index is 13.5. The average Bonchev–Trinajstić information content (AvgIpc) is 3.48. The summed E-state index contributed by atoms with van der Waals surface area (Å²) in [6.07, 6.45) is -2.42. The van der Waals surface area contributed by atoms with Crippen LogP contribution in [0.3, 0.4) is 0 Å². The van der Waals surface area contributed by atoms with E-state index in [0.717, 1.165) is 10.2 Å². The number of amides is 1. The highest BCUT2D eigenvalue weighted by molar-refractivity contribution is 5.94. The number of halogens is 2. The number of alkyl halides is 2. The molecule has 2 aromatic carbocycles. The van der Waals surface area contributed by atoms with Crippen molar-refractivity contribution in [1.82, 2.24) is 9.78 Å². The third kappa shape index (κ3) is 4.81. The lowest BCUT2D eigenvalue weighted by atomic mass is 9.85. The third-order valence-corrected chi connectivity index (χ3v) is 6.35. The lowest BCUT2D eigenvalue weighted by Gasteiger charge is -2.22. The van der Waals surface area contributed by atoms with Crippen molar-refractivity contribution in [3.05, 3.63) is 76.1 Å². The third-order valence-electron chi connectivity index (χ3n) is 6.35. The highest BCUT2D eigenvalue weighted by Gasteiger charge is 2.43. The van der Waals surface area contributed by atoms with Crippen LogP contribution in [0.1, 0.15) is 33.3 Å². The number of anilines is 1. The molecule has 0 atom stereocenters. The van der Waals surface area contributed by atoms with Gasteiger partial charge in [0.25, 0.3) is 5.56 Å². The molecule has 0 saturated heterocycles. The van der Waals surface area contributed by atoms with Gasteiger partial charge in [0.05, 0.1) is 18.2 Å². The molecule has 0 aliphatic carbocycles. The smallest absolute Gasteiger partial charge is 0.462 e. The molecule has 0 unspecified atom stereocenters. The zero-order valence-corrected chi connectivity index (χ0v) is 21.6. The number of rotatable bonds is 5. The van der Waals surface area contributed by atoms with E-state index < -0.39 is 24.3 Å². The molecule has 5 rings (SSSR count). The van der Waals surface area contributed by atoms with Gasteiger partial charge in [-0.1, -0.05) is 38.5 Å². The fourth-order valence-electron chi connectivity index (χ4n) is 4.38. The first-order valence-electron chi connectivity index (χ1n) is 12.1. The van der Waals surface area contributed by atoms with Crippen molar-refractivity contribution in [2.75, 3.05) is 11.4 Å². The molecule has 9 nitrogen and oxygen atoms in total. The minimum Gasteiger partial charge on any atom is -0.462 e. The zero-order chi connectivity index (χ0) is 28.1. The molecule has 0 N–H and O–H groups in total. The van der Waals surface area contributed by atoms with E-state index in [2.05, 4.69) is 19.4 Å². The van der Waals surface area contributed by atoms with Crippen LogP contribution < -0.4 is 19.9 Å². The lowest BCUT2D eigenvalue weighted by molar-refractivity contribution is -0.286. The number of aromatic nitrogens is 2.